The zero-order valence-corrected chi connectivity index (χ0v) is 19.5. The van der Waals surface area contributed by atoms with Crippen molar-refractivity contribution >= 4 is 40.1 Å². The number of nitrogens with one attached hydrogen (secondary N) is 2. The summed E-state index contributed by atoms with van der Waals surface area (Å²) in [5.74, 6) is -0.910. The number of benzene rings is 1. The number of hydrogen-bond acceptors (Lipinski definition) is 9. The quantitative estimate of drug-likeness (QED) is 0.314. The SMILES string of the molecule is CC.Nc1noc2cc(NC(=O)C(O)C3OCCN(c4ccn(-c5ccc(=O)[nH]c5)n4)C3=O)ccc12. The van der Waals surface area contributed by atoms with E-state index in [1.54, 1.807) is 30.5 Å². The number of morpholine rings is 1. The average Bonchev–Trinajstić information content (AvgIpc) is 3.52. The first-order chi connectivity index (χ1) is 17.4. The van der Waals surface area contributed by atoms with Crippen LogP contribution in [0.2, 0.25) is 0 Å². The molecule has 2 amide bonds. The molecule has 2 atom stereocenters. The van der Waals surface area contributed by atoms with E-state index in [0.29, 0.717) is 28.2 Å². The number of aromatic nitrogens is 4. The summed E-state index contributed by atoms with van der Waals surface area (Å²) in [6, 6.07) is 9.24. The second-order valence-electron chi connectivity index (χ2n) is 7.52. The smallest absolute Gasteiger partial charge is 0.260 e. The summed E-state index contributed by atoms with van der Waals surface area (Å²) in [5.41, 5.74) is 6.71. The van der Waals surface area contributed by atoms with Gasteiger partial charge in [-0.1, -0.05) is 19.0 Å². The first-order valence-corrected chi connectivity index (χ1v) is 11.2. The van der Waals surface area contributed by atoms with E-state index < -0.39 is 24.0 Å². The van der Waals surface area contributed by atoms with Crippen LogP contribution in [0.1, 0.15) is 13.8 Å². The second kappa shape index (κ2) is 10.4. The molecule has 5 N–H and O–H groups in total. The Morgan fingerprint density at radius 1 is 1.25 bits per heavy atom. The fourth-order valence-corrected chi connectivity index (χ4v) is 3.60. The van der Waals surface area contributed by atoms with Crippen LogP contribution in [0, 0.1) is 0 Å². The van der Waals surface area contributed by atoms with Crippen molar-refractivity contribution in [1.29, 1.82) is 0 Å². The van der Waals surface area contributed by atoms with Crippen LogP contribution in [0.15, 0.2) is 58.1 Å². The van der Waals surface area contributed by atoms with Gasteiger partial charge in [-0.25, -0.2) is 4.68 Å². The number of carbonyl (C=O) groups excluding carboxylic acids is 2. The van der Waals surface area contributed by atoms with Crippen molar-refractivity contribution in [3.05, 3.63) is 59.1 Å². The molecule has 188 valence electrons. The molecular formula is C23H25N7O6. The van der Waals surface area contributed by atoms with Crippen LogP contribution in [0.3, 0.4) is 0 Å². The maximum Gasteiger partial charge on any atom is 0.260 e. The van der Waals surface area contributed by atoms with Crippen molar-refractivity contribution < 1.29 is 24.0 Å². The molecule has 1 fully saturated rings. The Hall–Kier alpha value is -4.49. The largest absolute Gasteiger partial charge is 0.380 e. The van der Waals surface area contributed by atoms with E-state index in [-0.39, 0.29) is 24.5 Å². The zero-order chi connectivity index (χ0) is 25.8. The van der Waals surface area contributed by atoms with Gasteiger partial charge in [-0.3, -0.25) is 19.3 Å². The van der Waals surface area contributed by atoms with Crippen molar-refractivity contribution in [2.75, 3.05) is 29.1 Å². The van der Waals surface area contributed by atoms with E-state index in [9.17, 15) is 19.5 Å². The maximum atomic E-state index is 13.0. The Morgan fingerprint density at radius 2 is 2.06 bits per heavy atom. The van der Waals surface area contributed by atoms with Crippen LogP contribution >= 0.6 is 0 Å². The van der Waals surface area contributed by atoms with E-state index in [0.717, 1.165) is 0 Å². The van der Waals surface area contributed by atoms with Crippen molar-refractivity contribution in [2.45, 2.75) is 26.1 Å². The van der Waals surface area contributed by atoms with Crippen LogP contribution in [-0.4, -0.2) is 62.2 Å². The monoisotopic (exact) mass is 495 g/mol. The van der Waals surface area contributed by atoms with E-state index in [4.69, 9.17) is 15.0 Å². The fourth-order valence-electron chi connectivity index (χ4n) is 3.60. The third-order valence-electron chi connectivity index (χ3n) is 5.33. The normalized spacial score (nSPS) is 16.4. The number of nitrogens with zero attached hydrogens (tertiary/aromatic N) is 4. The van der Waals surface area contributed by atoms with Crippen molar-refractivity contribution in [3.63, 3.8) is 0 Å². The van der Waals surface area contributed by atoms with Gasteiger partial charge < -0.3 is 30.4 Å². The minimum Gasteiger partial charge on any atom is -0.380 e. The standard InChI is InChI=1S/C21H19N7O6.C2H6/c22-19-13-3-1-11(9-14(13)34-26-19)24-20(31)17(30)18-21(32)27(7-8-33-18)15-5-6-28(25-15)12-2-4-16(29)23-10-12;1-2/h1-6,9-10,17-18,30H,7-8H2,(H2,22,26)(H,23,29)(H,24,31);1-2H3. The molecule has 4 heterocycles. The molecule has 0 bridgehead atoms. The van der Waals surface area contributed by atoms with Gasteiger partial charge in [0.2, 0.25) is 5.56 Å². The number of aliphatic hydroxyl groups is 1. The lowest BCUT2D eigenvalue weighted by atomic mass is 10.1. The van der Waals surface area contributed by atoms with Gasteiger partial charge in [0.05, 0.1) is 24.2 Å². The van der Waals surface area contributed by atoms with Crippen LogP contribution in [0.4, 0.5) is 17.3 Å². The minimum absolute atomic E-state index is 0.0928. The van der Waals surface area contributed by atoms with E-state index >= 15 is 0 Å². The molecule has 4 aromatic rings. The summed E-state index contributed by atoms with van der Waals surface area (Å²) in [5, 5.41) is 21.7. The highest BCUT2D eigenvalue weighted by Crippen LogP contribution is 2.24. The van der Waals surface area contributed by atoms with Gasteiger partial charge in [0.1, 0.15) is 0 Å². The summed E-state index contributed by atoms with van der Waals surface area (Å²) in [6.45, 7) is 4.28. The molecule has 1 aliphatic rings. The summed E-state index contributed by atoms with van der Waals surface area (Å²) >= 11 is 0. The minimum atomic E-state index is -1.77. The van der Waals surface area contributed by atoms with Crippen LogP contribution < -0.4 is 21.5 Å². The van der Waals surface area contributed by atoms with Crippen molar-refractivity contribution in [1.82, 2.24) is 19.9 Å². The van der Waals surface area contributed by atoms with Crippen LogP contribution in [0.5, 0.6) is 0 Å². The number of nitrogens with two attached hydrogens (primary N) is 1. The van der Waals surface area contributed by atoms with Crippen molar-refractivity contribution in [3.8, 4) is 5.69 Å². The predicted octanol–water partition coefficient (Wildman–Crippen LogP) is 1.04. The number of carbonyl (C=O) groups is 2. The number of amides is 2. The molecular weight excluding hydrogens is 470 g/mol. The third-order valence-corrected chi connectivity index (χ3v) is 5.33. The molecule has 0 spiro atoms. The Bertz CT molecular complexity index is 1420. The molecule has 1 aliphatic heterocycles. The number of anilines is 3. The van der Waals surface area contributed by atoms with E-state index in [2.05, 4.69) is 20.6 Å². The van der Waals surface area contributed by atoms with Crippen LogP contribution in [-0.2, 0) is 14.3 Å². The molecule has 1 aromatic carbocycles. The van der Waals surface area contributed by atoms with Gasteiger partial charge in [-0.15, -0.1) is 5.10 Å². The number of nitrogen functional groups attached to an aromatic ring is 1. The first-order valence-electron chi connectivity index (χ1n) is 11.2. The molecule has 13 nitrogen and oxygen atoms in total. The highest BCUT2D eigenvalue weighted by atomic mass is 16.5. The Morgan fingerprint density at radius 3 is 2.81 bits per heavy atom. The lowest BCUT2D eigenvalue weighted by molar-refractivity contribution is -0.150. The molecule has 0 aliphatic carbocycles. The summed E-state index contributed by atoms with van der Waals surface area (Å²) < 4.78 is 12.0. The lowest BCUT2D eigenvalue weighted by Gasteiger charge is -2.32. The summed E-state index contributed by atoms with van der Waals surface area (Å²) in [6.07, 6.45) is -0.0820. The Kier molecular flexibility index (Phi) is 7.12. The van der Waals surface area contributed by atoms with E-state index in [1.165, 1.54) is 27.9 Å². The number of hydrogen-bond donors (Lipinski definition) is 4. The number of aromatic amines is 1. The number of fused-ring (bicyclic) bond motifs is 1. The topological polar surface area (TPSA) is 182 Å². The molecule has 1 saturated heterocycles. The second-order valence-corrected chi connectivity index (χ2v) is 7.52. The Balaban J connectivity index is 0.00000148. The molecule has 3 aromatic heterocycles. The number of H-pyrrole nitrogens is 1. The average molecular weight is 495 g/mol. The fraction of sp³-hybridized carbons (Fsp3) is 0.261. The number of pyridine rings is 1. The highest BCUT2D eigenvalue weighted by molar-refractivity contribution is 6.04. The number of aliphatic hydroxyl groups excluding tert-OH is 1. The van der Waals surface area contributed by atoms with Gasteiger partial charge in [0.15, 0.2) is 29.4 Å². The first kappa shape index (κ1) is 24.6. The molecule has 13 heteroatoms. The molecule has 0 saturated carbocycles. The molecule has 2 unspecified atom stereocenters. The lowest BCUT2D eigenvalue weighted by Crippen LogP contribution is -2.55. The summed E-state index contributed by atoms with van der Waals surface area (Å²) in [4.78, 5) is 40.8. The van der Waals surface area contributed by atoms with Gasteiger partial charge in [0.25, 0.3) is 11.8 Å². The van der Waals surface area contributed by atoms with Crippen molar-refractivity contribution in [2.24, 2.45) is 0 Å². The molecule has 5 rings (SSSR count). The summed E-state index contributed by atoms with van der Waals surface area (Å²) in [7, 11) is 0. The van der Waals surface area contributed by atoms with Crippen LogP contribution in [0.25, 0.3) is 16.7 Å². The molecule has 0 radical (unpaired) electrons. The predicted molar refractivity (Wildman–Crippen MR) is 131 cm³/mol. The van der Waals surface area contributed by atoms with E-state index in [1.807, 2.05) is 13.8 Å². The maximum absolute atomic E-state index is 13.0. The van der Waals surface area contributed by atoms with Gasteiger partial charge in [-0.05, 0) is 18.2 Å². The highest BCUT2D eigenvalue weighted by Gasteiger charge is 2.40. The molecule has 36 heavy (non-hydrogen) atoms. The Labute approximate surface area is 204 Å². The van der Waals surface area contributed by atoms with Gasteiger partial charge in [0, 0.05) is 36.3 Å². The third kappa shape index (κ3) is 4.82. The van der Waals surface area contributed by atoms with Gasteiger partial charge >= 0.3 is 0 Å². The van der Waals surface area contributed by atoms with Gasteiger partial charge in [-0.2, -0.15) is 0 Å². The zero-order valence-electron chi connectivity index (χ0n) is 19.5. The number of rotatable bonds is 5. The number of ether oxygens (including phenoxy) is 1.